The van der Waals surface area contributed by atoms with Crippen molar-refractivity contribution in [3.05, 3.63) is 59.4 Å². The number of primary sulfonamides is 1. The number of carbonyl (C=O) groups excluding carboxylic acids is 2. The second kappa shape index (κ2) is 8.62. The van der Waals surface area contributed by atoms with Crippen molar-refractivity contribution in [2.24, 2.45) is 11.1 Å². The van der Waals surface area contributed by atoms with Gasteiger partial charge in [-0.05, 0) is 36.2 Å². The largest absolute Gasteiger partial charge is 0.340 e. The van der Waals surface area contributed by atoms with Crippen LogP contribution in [0.4, 0.5) is 18.9 Å². The fraction of sp³-hybridized carbons (Fsp3) is 0.222. The van der Waals surface area contributed by atoms with Crippen LogP contribution in [-0.2, 0) is 14.8 Å². The number of nitrogens with two attached hydrogens (primary N) is 1. The molecule has 0 fully saturated rings. The van der Waals surface area contributed by atoms with Gasteiger partial charge in [-0.3, -0.25) is 9.59 Å². The van der Waals surface area contributed by atoms with Crippen LogP contribution in [0.2, 0.25) is 0 Å². The van der Waals surface area contributed by atoms with Crippen LogP contribution in [0.25, 0.3) is 0 Å². The van der Waals surface area contributed by atoms with Gasteiger partial charge in [0.1, 0.15) is 29.1 Å². The Balaban J connectivity index is 2.27. The lowest BCUT2D eigenvalue weighted by atomic mass is 10.0. The molecule has 2 aromatic rings. The highest BCUT2D eigenvalue weighted by atomic mass is 32.2. The van der Waals surface area contributed by atoms with E-state index in [-0.39, 0.29) is 5.69 Å². The van der Waals surface area contributed by atoms with Crippen LogP contribution >= 0.6 is 0 Å². The van der Waals surface area contributed by atoms with Gasteiger partial charge in [-0.15, -0.1) is 0 Å². The van der Waals surface area contributed by atoms with Gasteiger partial charge in [0, 0.05) is 5.69 Å². The fourth-order valence-electron chi connectivity index (χ4n) is 2.48. The first kappa shape index (κ1) is 22.4. The van der Waals surface area contributed by atoms with Gasteiger partial charge in [-0.1, -0.05) is 19.9 Å². The molecule has 0 aliphatic rings. The zero-order valence-electron chi connectivity index (χ0n) is 15.4. The van der Waals surface area contributed by atoms with Crippen molar-refractivity contribution in [2.45, 2.75) is 24.8 Å². The molecule has 0 bridgehead atoms. The van der Waals surface area contributed by atoms with Crippen molar-refractivity contribution in [1.82, 2.24) is 5.32 Å². The van der Waals surface area contributed by atoms with E-state index in [1.54, 1.807) is 13.8 Å². The number of rotatable bonds is 6. The van der Waals surface area contributed by atoms with Crippen LogP contribution in [0, 0.1) is 23.4 Å². The van der Waals surface area contributed by atoms with E-state index < -0.39 is 61.7 Å². The second-order valence-electron chi connectivity index (χ2n) is 6.50. The molecule has 0 saturated heterocycles. The van der Waals surface area contributed by atoms with E-state index in [0.29, 0.717) is 6.07 Å². The van der Waals surface area contributed by atoms with Crippen molar-refractivity contribution in [3.8, 4) is 0 Å². The predicted octanol–water partition coefficient (Wildman–Crippen LogP) is 2.14. The van der Waals surface area contributed by atoms with Crippen molar-refractivity contribution in [3.63, 3.8) is 0 Å². The zero-order chi connectivity index (χ0) is 21.9. The number of nitrogens with one attached hydrogen (secondary N) is 2. The number of sulfonamides is 1. The van der Waals surface area contributed by atoms with Gasteiger partial charge in [0.15, 0.2) is 0 Å². The summed E-state index contributed by atoms with van der Waals surface area (Å²) in [6.45, 7) is 3.12. The Bertz CT molecular complexity index is 1040. The molecular weight excluding hydrogens is 411 g/mol. The minimum atomic E-state index is -4.23. The van der Waals surface area contributed by atoms with Crippen LogP contribution in [0.15, 0.2) is 41.3 Å². The second-order valence-corrected chi connectivity index (χ2v) is 8.06. The molecule has 0 spiro atoms. The average Bonchev–Trinajstić information content (AvgIpc) is 2.57. The molecule has 2 rings (SSSR count). The van der Waals surface area contributed by atoms with Crippen LogP contribution in [-0.4, -0.2) is 26.3 Å². The first-order valence-electron chi connectivity index (χ1n) is 8.29. The molecule has 156 valence electrons. The normalized spacial score (nSPS) is 12.5. The third-order valence-electron chi connectivity index (χ3n) is 3.89. The number of benzene rings is 2. The van der Waals surface area contributed by atoms with Gasteiger partial charge < -0.3 is 10.6 Å². The Hall–Kier alpha value is -2.92. The summed E-state index contributed by atoms with van der Waals surface area (Å²) >= 11 is 0. The van der Waals surface area contributed by atoms with Gasteiger partial charge in [-0.2, -0.15) is 0 Å². The predicted molar refractivity (Wildman–Crippen MR) is 98.9 cm³/mol. The van der Waals surface area contributed by atoms with Gasteiger partial charge >= 0.3 is 0 Å². The van der Waals surface area contributed by atoms with Crippen LogP contribution in [0.3, 0.4) is 0 Å². The van der Waals surface area contributed by atoms with E-state index in [0.717, 1.165) is 30.3 Å². The van der Waals surface area contributed by atoms with Crippen molar-refractivity contribution in [1.29, 1.82) is 0 Å². The first-order valence-corrected chi connectivity index (χ1v) is 9.84. The zero-order valence-corrected chi connectivity index (χ0v) is 16.2. The molecule has 0 aliphatic heterocycles. The van der Waals surface area contributed by atoms with Crippen LogP contribution in [0.1, 0.15) is 24.2 Å². The molecular formula is C18H18F3N3O4S. The summed E-state index contributed by atoms with van der Waals surface area (Å²) in [5.41, 5.74) is -1.08. The standard InChI is InChI=1S/C18H18F3N3O4S/c1-9(2)16(24-17(25)15-13(20)4-3-5-14(15)21)18(26)23-11-6-10(19)7-12(8-11)29(22,27)28/h3-9,16H,1-2H3,(H,23,26)(H,24,25)(H2,22,27,28). The van der Waals surface area contributed by atoms with E-state index in [1.807, 2.05) is 0 Å². The Morgan fingerprint density at radius 3 is 2.14 bits per heavy atom. The number of hydrogen-bond donors (Lipinski definition) is 3. The smallest absolute Gasteiger partial charge is 0.257 e. The molecule has 11 heteroatoms. The summed E-state index contributed by atoms with van der Waals surface area (Å²) in [5.74, 6) is -5.71. The molecule has 7 nitrogen and oxygen atoms in total. The number of halogens is 3. The van der Waals surface area contributed by atoms with Crippen LogP contribution < -0.4 is 15.8 Å². The molecule has 2 amide bonds. The summed E-state index contributed by atoms with van der Waals surface area (Å²) in [7, 11) is -4.23. The Kier molecular flexibility index (Phi) is 6.65. The topological polar surface area (TPSA) is 118 Å². The number of anilines is 1. The molecule has 2 aromatic carbocycles. The third-order valence-corrected chi connectivity index (χ3v) is 4.79. The summed E-state index contributed by atoms with van der Waals surface area (Å²) in [4.78, 5) is 24.3. The minimum absolute atomic E-state index is 0.226. The quantitative estimate of drug-likeness (QED) is 0.652. The van der Waals surface area contributed by atoms with Crippen molar-refractivity contribution in [2.75, 3.05) is 5.32 Å². The van der Waals surface area contributed by atoms with Crippen molar-refractivity contribution >= 4 is 27.5 Å². The van der Waals surface area contributed by atoms with Gasteiger partial charge in [0.2, 0.25) is 15.9 Å². The Morgan fingerprint density at radius 1 is 1.03 bits per heavy atom. The summed E-state index contributed by atoms with van der Waals surface area (Å²) < 4.78 is 64.0. The lowest BCUT2D eigenvalue weighted by Gasteiger charge is -2.22. The Labute approximate surface area is 165 Å². The molecule has 0 heterocycles. The van der Waals surface area contributed by atoms with Gasteiger partial charge in [0.25, 0.3) is 5.91 Å². The van der Waals surface area contributed by atoms with Crippen LogP contribution in [0.5, 0.6) is 0 Å². The maximum absolute atomic E-state index is 13.8. The summed E-state index contributed by atoms with van der Waals surface area (Å²) in [5, 5.41) is 9.44. The molecule has 0 aromatic heterocycles. The van der Waals surface area contributed by atoms with E-state index in [2.05, 4.69) is 10.6 Å². The highest BCUT2D eigenvalue weighted by Gasteiger charge is 2.27. The average molecular weight is 429 g/mol. The maximum atomic E-state index is 13.8. The van der Waals surface area contributed by atoms with Gasteiger partial charge in [0.05, 0.1) is 4.90 Å². The molecule has 0 saturated carbocycles. The SMILES string of the molecule is CC(C)C(NC(=O)c1c(F)cccc1F)C(=O)Nc1cc(F)cc(S(N)(=O)=O)c1. The third kappa shape index (κ3) is 5.55. The molecule has 1 unspecified atom stereocenters. The Morgan fingerprint density at radius 2 is 1.62 bits per heavy atom. The van der Waals surface area contributed by atoms with Crippen molar-refractivity contribution < 1.29 is 31.2 Å². The lowest BCUT2D eigenvalue weighted by Crippen LogP contribution is -2.47. The highest BCUT2D eigenvalue weighted by Crippen LogP contribution is 2.19. The lowest BCUT2D eigenvalue weighted by molar-refractivity contribution is -0.118. The molecule has 29 heavy (non-hydrogen) atoms. The minimum Gasteiger partial charge on any atom is -0.340 e. The highest BCUT2D eigenvalue weighted by molar-refractivity contribution is 7.89. The van der Waals surface area contributed by atoms with E-state index in [9.17, 15) is 31.2 Å². The molecule has 1 atom stereocenters. The summed E-state index contributed by atoms with van der Waals surface area (Å²) in [6.07, 6.45) is 0. The van der Waals surface area contributed by atoms with E-state index >= 15 is 0 Å². The number of hydrogen-bond acceptors (Lipinski definition) is 4. The monoisotopic (exact) mass is 429 g/mol. The molecule has 0 radical (unpaired) electrons. The maximum Gasteiger partial charge on any atom is 0.257 e. The molecule has 0 aliphatic carbocycles. The first-order chi connectivity index (χ1) is 13.4. The molecule has 4 N–H and O–H groups in total. The fourth-order valence-corrected chi connectivity index (χ4v) is 3.05. The van der Waals surface area contributed by atoms with E-state index in [1.165, 1.54) is 0 Å². The number of amides is 2. The number of carbonyl (C=O) groups is 2. The van der Waals surface area contributed by atoms with E-state index in [4.69, 9.17) is 5.14 Å². The van der Waals surface area contributed by atoms with Gasteiger partial charge in [-0.25, -0.2) is 26.7 Å². The summed E-state index contributed by atoms with van der Waals surface area (Å²) in [6, 6.07) is 4.07.